The maximum atomic E-state index is 12.7. The number of halogens is 2. The summed E-state index contributed by atoms with van der Waals surface area (Å²) < 4.78 is 16.0. The zero-order valence-corrected chi connectivity index (χ0v) is 11.6. The van der Waals surface area contributed by atoms with Crippen LogP contribution in [0.4, 0.5) is 4.39 Å². The average molecular weight is 307 g/mol. The zero-order chi connectivity index (χ0) is 9.90. The zero-order valence-electron chi connectivity index (χ0n) is 7.98. The van der Waals surface area contributed by atoms with Gasteiger partial charge < -0.3 is 0 Å². The molecule has 1 aromatic rings. The summed E-state index contributed by atoms with van der Waals surface area (Å²) in [5, 5.41) is 0. The fraction of sp³-hybridized carbons (Fsp3) is 0.400. The molecule has 0 amide bonds. The Balaban J connectivity index is 2.99. The van der Waals surface area contributed by atoms with Crippen molar-refractivity contribution < 1.29 is 4.39 Å². The Kier molecular flexibility index (Phi) is 4.04. The van der Waals surface area contributed by atoms with Crippen LogP contribution in [0.1, 0.15) is 13.8 Å². The van der Waals surface area contributed by atoms with Gasteiger partial charge in [-0.2, -0.15) is 0 Å². The first-order valence-electron chi connectivity index (χ1n) is 4.57. The SMILES string of the molecule is C[CH2][Sn]([Cl])([CH2]C)[c]1ccc(F)cc1. The molecule has 0 aliphatic rings. The Bertz CT molecular complexity index is 267. The molecular formula is C10H14ClFSn. The first-order valence-corrected chi connectivity index (χ1v) is 13.6. The molecule has 0 N–H and O–H groups in total. The minimum absolute atomic E-state index is 0.179. The van der Waals surface area contributed by atoms with Crippen molar-refractivity contribution in [1.82, 2.24) is 0 Å². The molecule has 0 aromatic heterocycles. The van der Waals surface area contributed by atoms with Gasteiger partial charge in [-0.1, -0.05) is 0 Å². The standard InChI is InChI=1S/C6H4F.2C2H5.ClH.Sn/c7-6-4-2-1-3-5-6;2*1-2;;/h2-5H;2*1H2,2H3;1H;/q;;;;+1/p-1. The number of rotatable bonds is 3. The summed E-state index contributed by atoms with van der Waals surface area (Å²) in [7, 11) is 6.57. The summed E-state index contributed by atoms with van der Waals surface area (Å²) in [6.45, 7) is 4.27. The quantitative estimate of drug-likeness (QED) is 0.752. The second-order valence-corrected chi connectivity index (χ2v) is 19.2. The van der Waals surface area contributed by atoms with Gasteiger partial charge in [0.1, 0.15) is 0 Å². The first kappa shape index (κ1) is 11.3. The van der Waals surface area contributed by atoms with Gasteiger partial charge >= 0.3 is 86.9 Å². The van der Waals surface area contributed by atoms with E-state index < -0.39 is 17.3 Å². The van der Waals surface area contributed by atoms with E-state index in [4.69, 9.17) is 8.92 Å². The maximum absolute atomic E-state index is 12.7. The van der Waals surface area contributed by atoms with Crippen molar-refractivity contribution in [3.05, 3.63) is 30.1 Å². The summed E-state index contributed by atoms with van der Waals surface area (Å²) >= 11 is -2.54. The summed E-state index contributed by atoms with van der Waals surface area (Å²) in [6, 6.07) is 6.72. The molecule has 1 rings (SSSR count). The summed E-state index contributed by atoms with van der Waals surface area (Å²) in [5.41, 5.74) is 0. The van der Waals surface area contributed by atoms with Crippen molar-refractivity contribution in [1.29, 1.82) is 0 Å². The van der Waals surface area contributed by atoms with Crippen LogP contribution in [0.25, 0.3) is 0 Å². The van der Waals surface area contributed by atoms with E-state index in [0.717, 1.165) is 8.87 Å². The van der Waals surface area contributed by atoms with Gasteiger partial charge in [-0.25, -0.2) is 0 Å². The Labute approximate surface area is 86.7 Å². The van der Waals surface area contributed by atoms with E-state index in [-0.39, 0.29) is 5.82 Å². The molecule has 0 saturated heterocycles. The molecule has 0 saturated carbocycles. The van der Waals surface area contributed by atoms with Crippen molar-refractivity contribution in [2.24, 2.45) is 0 Å². The molecule has 0 bridgehead atoms. The van der Waals surface area contributed by atoms with Crippen LogP contribution in [0.3, 0.4) is 0 Å². The second-order valence-electron chi connectivity index (χ2n) is 3.18. The van der Waals surface area contributed by atoms with Crippen LogP contribution in [0.2, 0.25) is 8.87 Å². The van der Waals surface area contributed by atoms with E-state index in [1.807, 2.05) is 12.1 Å². The number of hydrogen-bond donors (Lipinski definition) is 0. The van der Waals surface area contributed by atoms with Gasteiger partial charge in [0.2, 0.25) is 0 Å². The molecule has 0 aliphatic heterocycles. The Morgan fingerprint density at radius 3 is 2.00 bits per heavy atom. The molecular weight excluding hydrogens is 293 g/mol. The Hall–Kier alpha value is 0.239. The van der Waals surface area contributed by atoms with E-state index in [9.17, 15) is 4.39 Å². The minimum atomic E-state index is -2.54. The van der Waals surface area contributed by atoms with Crippen LogP contribution in [-0.4, -0.2) is 17.3 Å². The van der Waals surface area contributed by atoms with Gasteiger partial charge in [-0.15, -0.1) is 0 Å². The van der Waals surface area contributed by atoms with Crippen LogP contribution in [0.15, 0.2) is 24.3 Å². The molecule has 0 heterocycles. The fourth-order valence-corrected chi connectivity index (χ4v) is 8.19. The summed E-state index contributed by atoms with van der Waals surface area (Å²) in [5.74, 6) is -0.179. The van der Waals surface area contributed by atoms with E-state index in [1.165, 1.54) is 15.7 Å². The monoisotopic (exact) mass is 308 g/mol. The number of benzene rings is 1. The van der Waals surface area contributed by atoms with Gasteiger partial charge in [0.05, 0.1) is 0 Å². The molecule has 72 valence electrons. The van der Waals surface area contributed by atoms with Crippen molar-refractivity contribution >= 4 is 29.8 Å². The molecule has 3 heteroatoms. The van der Waals surface area contributed by atoms with Crippen molar-refractivity contribution in [3.8, 4) is 0 Å². The topological polar surface area (TPSA) is 0 Å². The predicted molar refractivity (Wildman–Crippen MR) is 58.6 cm³/mol. The third-order valence-corrected chi connectivity index (χ3v) is 17.8. The Morgan fingerprint density at radius 1 is 1.15 bits per heavy atom. The van der Waals surface area contributed by atoms with Crippen LogP contribution in [0, 0.1) is 5.82 Å². The molecule has 1 aromatic carbocycles. The van der Waals surface area contributed by atoms with Crippen LogP contribution in [0.5, 0.6) is 0 Å². The van der Waals surface area contributed by atoms with Crippen molar-refractivity contribution in [2.45, 2.75) is 22.7 Å². The van der Waals surface area contributed by atoms with Gasteiger partial charge in [-0.3, -0.25) is 0 Å². The summed E-state index contributed by atoms with van der Waals surface area (Å²) in [4.78, 5) is 0. The molecule has 0 atom stereocenters. The fourth-order valence-electron chi connectivity index (χ4n) is 1.41. The normalized spacial score (nSPS) is 11.7. The van der Waals surface area contributed by atoms with Crippen molar-refractivity contribution in [3.63, 3.8) is 0 Å². The third-order valence-electron chi connectivity index (χ3n) is 2.48. The molecule has 0 radical (unpaired) electrons. The van der Waals surface area contributed by atoms with Crippen LogP contribution in [-0.2, 0) is 0 Å². The van der Waals surface area contributed by atoms with Gasteiger partial charge in [0, 0.05) is 0 Å². The van der Waals surface area contributed by atoms with Crippen LogP contribution >= 0.6 is 8.92 Å². The predicted octanol–water partition coefficient (Wildman–Crippen LogP) is 3.26. The van der Waals surface area contributed by atoms with Gasteiger partial charge in [0.25, 0.3) is 0 Å². The number of hydrogen-bond acceptors (Lipinski definition) is 0. The first-order chi connectivity index (χ1) is 6.12. The third kappa shape index (κ3) is 2.59. The van der Waals surface area contributed by atoms with E-state index in [1.54, 1.807) is 0 Å². The molecule has 0 aliphatic carbocycles. The second kappa shape index (κ2) is 4.65. The van der Waals surface area contributed by atoms with Crippen LogP contribution < -0.4 is 3.58 Å². The van der Waals surface area contributed by atoms with E-state index in [0.29, 0.717) is 0 Å². The van der Waals surface area contributed by atoms with Gasteiger partial charge in [-0.05, 0) is 0 Å². The Morgan fingerprint density at radius 2 is 1.62 bits per heavy atom. The molecule has 13 heavy (non-hydrogen) atoms. The molecule has 0 spiro atoms. The van der Waals surface area contributed by atoms with E-state index in [2.05, 4.69) is 13.8 Å². The van der Waals surface area contributed by atoms with Crippen molar-refractivity contribution in [2.75, 3.05) is 0 Å². The average Bonchev–Trinajstić information content (AvgIpc) is 2.18. The molecule has 0 fully saturated rings. The summed E-state index contributed by atoms with van der Waals surface area (Å²) in [6.07, 6.45) is 0. The van der Waals surface area contributed by atoms with E-state index >= 15 is 0 Å². The van der Waals surface area contributed by atoms with Gasteiger partial charge in [0.15, 0.2) is 0 Å². The molecule has 0 unspecified atom stereocenters. The molecule has 0 nitrogen and oxygen atoms in total.